The molecule has 0 bridgehead atoms. The van der Waals surface area contributed by atoms with Gasteiger partial charge in [0.05, 0.1) is 6.04 Å². The van der Waals surface area contributed by atoms with Gasteiger partial charge in [0.1, 0.15) is 6.17 Å². The topological polar surface area (TPSA) is 6.48 Å². The molecule has 4 aliphatic rings. The predicted molar refractivity (Wildman–Crippen MR) is 131 cm³/mol. The smallest absolute Gasteiger partial charge is 0.105 e. The maximum absolute atomic E-state index is 10.2. The number of anilines is 2. The van der Waals surface area contributed by atoms with Gasteiger partial charge < -0.3 is 9.80 Å². The van der Waals surface area contributed by atoms with Gasteiger partial charge in [-0.1, -0.05) is 68.5 Å². The zero-order chi connectivity index (χ0) is 21.9. The minimum atomic E-state index is -0.509. The summed E-state index contributed by atoms with van der Waals surface area (Å²) in [6.07, 6.45) is 12.1. The van der Waals surface area contributed by atoms with E-state index in [2.05, 4.69) is 72.2 Å². The number of hydrogen-bond donors (Lipinski definition) is 0. The van der Waals surface area contributed by atoms with Gasteiger partial charge in [-0.15, -0.1) is 0 Å². The van der Waals surface area contributed by atoms with Gasteiger partial charge >= 0.3 is 0 Å². The van der Waals surface area contributed by atoms with Crippen molar-refractivity contribution in [2.75, 3.05) is 9.80 Å². The maximum Gasteiger partial charge on any atom is 0.105 e. The standard InChI is InChI=1S/C29H38N2/c1-20-12-6-10-18-25(20)30-21(2)28-27(22-13-4-3-5-14-22)24-17-9-11-19-26(24)31(28)29(30)23-15-7-8-16-23/h6,9-12,17-19,21-23,27-29H,3-5,7-8,13-16H2,1-2H3/t21-,27?,28?,29?/m0/s1/i27D. The van der Waals surface area contributed by atoms with Crippen molar-refractivity contribution in [3.05, 3.63) is 59.7 Å². The van der Waals surface area contributed by atoms with Gasteiger partial charge in [0, 0.05) is 24.7 Å². The number of rotatable bonds is 3. The molecule has 6 rings (SSSR count). The van der Waals surface area contributed by atoms with Crippen molar-refractivity contribution >= 4 is 11.4 Å². The summed E-state index contributed by atoms with van der Waals surface area (Å²) in [7, 11) is 0. The normalized spacial score (nSPS) is 34.1. The molecular formula is C29H38N2. The number of nitrogens with zero attached hydrogens (tertiary/aromatic N) is 2. The Morgan fingerprint density at radius 3 is 2.10 bits per heavy atom. The van der Waals surface area contributed by atoms with E-state index in [-0.39, 0.29) is 6.04 Å². The average Bonchev–Trinajstić information content (AvgIpc) is 3.52. The maximum atomic E-state index is 10.2. The quantitative estimate of drug-likeness (QED) is 0.520. The van der Waals surface area contributed by atoms with E-state index < -0.39 is 5.89 Å². The minimum absolute atomic E-state index is 0.230. The molecule has 3 fully saturated rings. The first kappa shape index (κ1) is 18.6. The Kier molecular flexibility index (Phi) is 4.72. The molecule has 2 aromatic carbocycles. The van der Waals surface area contributed by atoms with Crippen molar-refractivity contribution < 1.29 is 1.37 Å². The predicted octanol–water partition coefficient (Wildman–Crippen LogP) is 7.27. The monoisotopic (exact) mass is 415 g/mol. The molecule has 1 saturated heterocycles. The van der Waals surface area contributed by atoms with E-state index in [0.717, 1.165) is 0 Å². The van der Waals surface area contributed by atoms with Crippen LogP contribution in [0.5, 0.6) is 0 Å². The van der Waals surface area contributed by atoms with Gasteiger partial charge in [0.15, 0.2) is 0 Å². The molecule has 2 heterocycles. The summed E-state index contributed by atoms with van der Waals surface area (Å²) >= 11 is 0. The molecule has 0 spiro atoms. The number of fused-ring (bicyclic) bond motifs is 3. The Balaban J connectivity index is 1.53. The van der Waals surface area contributed by atoms with E-state index >= 15 is 0 Å². The van der Waals surface area contributed by atoms with Crippen molar-refractivity contribution in [1.29, 1.82) is 0 Å². The first-order valence-corrected chi connectivity index (χ1v) is 12.8. The van der Waals surface area contributed by atoms with Crippen molar-refractivity contribution in [1.82, 2.24) is 0 Å². The van der Waals surface area contributed by atoms with Gasteiger partial charge in [-0.05, 0) is 74.6 Å². The Morgan fingerprint density at radius 1 is 0.742 bits per heavy atom. The van der Waals surface area contributed by atoms with E-state index in [4.69, 9.17) is 0 Å². The lowest BCUT2D eigenvalue weighted by atomic mass is 9.73. The summed E-state index contributed by atoms with van der Waals surface area (Å²) in [6.45, 7) is 4.69. The zero-order valence-corrected chi connectivity index (χ0v) is 19.3. The molecule has 31 heavy (non-hydrogen) atoms. The molecule has 2 aliphatic heterocycles. The number of hydrogen-bond acceptors (Lipinski definition) is 2. The first-order chi connectivity index (χ1) is 15.6. The van der Waals surface area contributed by atoms with Gasteiger partial charge in [-0.25, -0.2) is 0 Å². The van der Waals surface area contributed by atoms with E-state index in [0.29, 0.717) is 24.0 Å². The summed E-state index contributed by atoms with van der Waals surface area (Å²) in [5.74, 6) is 0.643. The lowest BCUT2D eigenvalue weighted by Gasteiger charge is -2.38. The average molecular weight is 416 g/mol. The van der Waals surface area contributed by atoms with Gasteiger partial charge in [0.25, 0.3) is 0 Å². The van der Waals surface area contributed by atoms with Crippen LogP contribution < -0.4 is 9.80 Å². The van der Waals surface area contributed by atoms with Crippen LogP contribution in [0.2, 0.25) is 0 Å². The number of para-hydroxylation sites is 2. The van der Waals surface area contributed by atoms with Crippen LogP contribution in [0.25, 0.3) is 0 Å². The fraction of sp³-hybridized carbons (Fsp3) is 0.586. The van der Waals surface area contributed by atoms with Crippen LogP contribution in [-0.4, -0.2) is 18.2 Å². The summed E-state index contributed by atoms with van der Waals surface area (Å²) in [5.41, 5.74) is 5.42. The van der Waals surface area contributed by atoms with E-state index in [1.165, 1.54) is 80.3 Å². The highest BCUT2D eigenvalue weighted by Crippen LogP contribution is 2.56. The van der Waals surface area contributed by atoms with Crippen LogP contribution in [0.1, 0.15) is 83.1 Å². The van der Waals surface area contributed by atoms with Crippen molar-refractivity contribution in [3.8, 4) is 0 Å². The second-order valence-corrected chi connectivity index (χ2v) is 10.6. The number of benzene rings is 2. The molecule has 0 radical (unpaired) electrons. The van der Waals surface area contributed by atoms with Gasteiger partial charge in [-0.2, -0.15) is 0 Å². The van der Waals surface area contributed by atoms with Crippen LogP contribution in [0.3, 0.4) is 0 Å². The van der Waals surface area contributed by atoms with Gasteiger partial charge in [-0.3, -0.25) is 0 Å². The van der Waals surface area contributed by atoms with Crippen LogP contribution in [-0.2, 0) is 0 Å². The third-order valence-corrected chi connectivity index (χ3v) is 8.84. The fourth-order valence-corrected chi connectivity index (χ4v) is 7.53. The highest BCUT2D eigenvalue weighted by Gasteiger charge is 2.57. The molecule has 4 atom stereocenters. The lowest BCUT2D eigenvalue weighted by molar-refractivity contribution is 0.279. The van der Waals surface area contributed by atoms with E-state index in [1.54, 1.807) is 0 Å². The minimum Gasteiger partial charge on any atom is -0.346 e. The van der Waals surface area contributed by atoms with E-state index in [9.17, 15) is 1.37 Å². The SMILES string of the molecule is [2H]C1(C2CCCCC2)c2ccccc2N2C(C3CCCC3)N(c3ccccc3C)[C@@H](C)C21. The van der Waals surface area contributed by atoms with Crippen LogP contribution >= 0.6 is 0 Å². The second-order valence-electron chi connectivity index (χ2n) is 10.6. The zero-order valence-electron chi connectivity index (χ0n) is 20.3. The summed E-state index contributed by atoms with van der Waals surface area (Å²) < 4.78 is 10.2. The molecule has 0 amide bonds. The van der Waals surface area contributed by atoms with Crippen molar-refractivity contribution in [3.63, 3.8) is 0 Å². The molecule has 0 N–H and O–H groups in total. The van der Waals surface area contributed by atoms with Crippen LogP contribution in [0, 0.1) is 18.8 Å². The lowest BCUT2D eigenvalue weighted by Crippen LogP contribution is -2.45. The molecule has 0 aromatic heterocycles. The largest absolute Gasteiger partial charge is 0.346 e. The first-order valence-electron chi connectivity index (χ1n) is 13.3. The molecule has 2 nitrogen and oxygen atoms in total. The Labute approximate surface area is 190 Å². The Morgan fingerprint density at radius 2 is 1.35 bits per heavy atom. The molecule has 2 aliphatic carbocycles. The van der Waals surface area contributed by atoms with E-state index in [1.807, 2.05) is 0 Å². The molecular weight excluding hydrogens is 376 g/mol. The Bertz CT molecular complexity index is 977. The van der Waals surface area contributed by atoms with Crippen molar-refractivity contribution in [2.24, 2.45) is 11.8 Å². The summed E-state index contributed by atoms with van der Waals surface area (Å²) in [5, 5.41) is 0. The Hall–Kier alpha value is -1.96. The highest BCUT2D eigenvalue weighted by atomic mass is 15.5. The molecule has 2 heteroatoms. The third-order valence-electron chi connectivity index (χ3n) is 8.84. The fourth-order valence-electron chi connectivity index (χ4n) is 7.53. The molecule has 2 aromatic rings. The van der Waals surface area contributed by atoms with Crippen LogP contribution in [0.15, 0.2) is 48.5 Å². The van der Waals surface area contributed by atoms with Crippen molar-refractivity contribution in [2.45, 2.75) is 95.8 Å². The highest BCUT2D eigenvalue weighted by molar-refractivity contribution is 5.70. The summed E-state index contributed by atoms with van der Waals surface area (Å²) in [4.78, 5) is 5.50. The second kappa shape index (κ2) is 7.87. The van der Waals surface area contributed by atoms with Crippen LogP contribution in [0.4, 0.5) is 11.4 Å². The number of aryl methyl sites for hydroxylation is 1. The molecule has 2 saturated carbocycles. The molecule has 3 unspecified atom stereocenters. The molecule has 164 valence electrons. The van der Waals surface area contributed by atoms with Gasteiger partial charge in [0.2, 0.25) is 0 Å². The summed E-state index contributed by atoms with van der Waals surface area (Å²) in [6, 6.07) is 18.5. The third kappa shape index (κ3) is 3.04.